The lowest BCUT2D eigenvalue weighted by Crippen LogP contribution is -2.07. The Balaban J connectivity index is 1.34. The zero-order valence-electron chi connectivity index (χ0n) is 17.6. The molecule has 32 heavy (non-hydrogen) atoms. The molecule has 0 aliphatic heterocycles. The van der Waals surface area contributed by atoms with E-state index in [1.165, 1.54) is 28.2 Å². The normalized spacial score (nSPS) is 11.2. The Morgan fingerprint density at radius 3 is 2.75 bits per heavy atom. The minimum absolute atomic E-state index is 0.267. The third-order valence-corrected chi connectivity index (χ3v) is 5.85. The van der Waals surface area contributed by atoms with Gasteiger partial charge in [0.1, 0.15) is 12.1 Å². The highest BCUT2D eigenvalue weighted by Crippen LogP contribution is 2.26. The number of rotatable bonds is 6. The summed E-state index contributed by atoms with van der Waals surface area (Å²) in [5, 5.41) is 16.0. The number of hydrogen-bond acceptors (Lipinski definition) is 4. The maximum absolute atomic E-state index is 11.5. The summed E-state index contributed by atoms with van der Waals surface area (Å²) in [5.74, 6) is -0.222. The van der Waals surface area contributed by atoms with E-state index in [4.69, 9.17) is 0 Å². The van der Waals surface area contributed by atoms with Crippen molar-refractivity contribution < 1.29 is 9.90 Å². The summed E-state index contributed by atoms with van der Waals surface area (Å²) in [4.78, 5) is 23.5. The van der Waals surface area contributed by atoms with E-state index in [0.717, 1.165) is 30.0 Å². The monoisotopic (exact) mass is 422 g/mol. The number of aryl methyl sites for hydroxylation is 1. The molecule has 0 bridgehead atoms. The van der Waals surface area contributed by atoms with Crippen molar-refractivity contribution in [3.8, 4) is 11.4 Å². The first kappa shape index (κ1) is 19.8. The molecule has 0 atom stereocenters. The number of aromatic nitrogens is 3. The largest absolute Gasteiger partial charge is 0.478 e. The van der Waals surface area contributed by atoms with Crippen molar-refractivity contribution in [2.24, 2.45) is 0 Å². The number of aromatic amines is 1. The van der Waals surface area contributed by atoms with Gasteiger partial charge in [0.15, 0.2) is 0 Å². The van der Waals surface area contributed by atoms with E-state index in [1.807, 2.05) is 18.2 Å². The third-order valence-electron chi connectivity index (χ3n) is 5.85. The lowest BCUT2D eigenvalue weighted by atomic mass is 9.98. The van der Waals surface area contributed by atoms with Crippen LogP contribution in [-0.2, 0) is 6.42 Å². The van der Waals surface area contributed by atoms with Gasteiger partial charge in [0.05, 0.1) is 17.0 Å². The Bertz CT molecular complexity index is 1460. The quantitative estimate of drug-likeness (QED) is 0.339. The third kappa shape index (κ3) is 3.67. The van der Waals surface area contributed by atoms with Gasteiger partial charge in [-0.25, -0.2) is 14.8 Å². The highest BCUT2D eigenvalue weighted by molar-refractivity contribution is 6.04. The Kier molecular flexibility index (Phi) is 5.03. The van der Waals surface area contributed by atoms with Crippen LogP contribution in [0.4, 0.5) is 5.82 Å². The van der Waals surface area contributed by atoms with Crippen molar-refractivity contribution in [2.75, 3.05) is 11.9 Å². The van der Waals surface area contributed by atoms with Gasteiger partial charge in [0.2, 0.25) is 0 Å². The van der Waals surface area contributed by atoms with Crippen LogP contribution in [0.15, 0.2) is 73.1 Å². The number of fused-ring (bicyclic) bond motifs is 2. The van der Waals surface area contributed by atoms with Crippen molar-refractivity contribution >= 4 is 33.5 Å². The number of H-pyrrole nitrogens is 1. The fourth-order valence-electron chi connectivity index (χ4n) is 4.15. The molecule has 3 N–H and O–H groups in total. The first-order chi connectivity index (χ1) is 15.6. The van der Waals surface area contributed by atoms with Gasteiger partial charge in [0, 0.05) is 23.5 Å². The van der Waals surface area contributed by atoms with Crippen LogP contribution in [0.25, 0.3) is 33.1 Å². The maximum Gasteiger partial charge on any atom is 0.336 e. The Morgan fingerprint density at radius 1 is 1.00 bits per heavy atom. The highest BCUT2D eigenvalue weighted by Gasteiger charge is 2.13. The summed E-state index contributed by atoms with van der Waals surface area (Å²) in [6.45, 7) is 2.91. The van der Waals surface area contributed by atoms with Crippen LogP contribution in [0.5, 0.6) is 0 Å². The summed E-state index contributed by atoms with van der Waals surface area (Å²) in [6.07, 6.45) is 2.40. The molecule has 6 nitrogen and oxygen atoms in total. The molecular formula is C26H22N4O2. The lowest BCUT2D eigenvalue weighted by molar-refractivity contribution is 0.0699. The summed E-state index contributed by atoms with van der Waals surface area (Å²) in [6, 6.07) is 21.7. The van der Waals surface area contributed by atoms with Crippen LogP contribution in [0.3, 0.4) is 0 Å². The predicted molar refractivity (Wildman–Crippen MR) is 127 cm³/mol. The fourth-order valence-corrected chi connectivity index (χ4v) is 4.15. The molecule has 5 rings (SSSR count). The standard InChI is InChI=1S/C26H22N4O2/c1-16-17(9-10-18-5-2-3-6-19(16)18)11-12-27-25-14-23(28-15-29-25)24-13-21-20(26(31)32)7-4-8-22(21)30-24/h2-10,13-15,30H,11-12H2,1H3,(H,31,32)(H,27,28,29). The molecule has 0 fully saturated rings. The van der Waals surface area contributed by atoms with Crippen LogP contribution >= 0.6 is 0 Å². The van der Waals surface area contributed by atoms with Crippen LogP contribution in [0.1, 0.15) is 21.5 Å². The van der Waals surface area contributed by atoms with Crippen LogP contribution < -0.4 is 5.32 Å². The molecule has 0 amide bonds. The van der Waals surface area contributed by atoms with Crippen molar-refractivity contribution in [3.05, 3.63) is 89.7 Å². The van der Waals surface area contributed by atoms with Crippen molar-refractivity contribution in [2.45, 2.75) is 13.3 Å². The average Bonchev–Trinajstić information content (AvgIpc) is 3.25. The second kappa shape index (κ2) is 8.15. The molecule has 2 heterocycles. The van der Waals surface area contributed by atoms with E-state index in [-0.39, 0.29) is 5.56 Å². The number of nitrogens with zero attached hydrogens (tertiary/aromatic N) is 2. The molecule has 6 heteroatoms. The maximum atomic E-state index is 11.5. The van der Waals surface area contributed by atoms with Crippen LogP contribution in [-0.4, -0.2) is 32.6 Å². The summed E-state index contributed by atoms with van der Waals surface area (Å²) in [5.41, 5.74) is 5.10. The number of carboxylic acids is 1. The summed E-state index contributed by atoms with van der Waals surface area (Å²) >= 11 is 0. The van der Waals surface area contributed by atoms with E-state index in [0.29, 0.717) is 11.1 Å². The van der Waals surface area contributed by atoms with Gasteiger partial charge < -0.3 is 15.4 Å². The number of nitrogens with one attached hydrogen (secondary N) is 2. The fraction of sp³-hybridized carbons (Fsp3) is 0.115. The van der Waals surface area contributed by atoms with Crippen LogP contribution in [0.2, 0.25) is 0 Å². The zero-order valence-corrected chi connectivity index (χ0v) is 17.6. The van der Waals surface area contributed by atoms with Gasteiger partial charge >= 0.3 is 5.97 Å². The molecule has 0 aliphatic rings. The van der Waals surface area contributed by atoms with Crippen molar-refractivity contribution in [1.82, 2.24) is 15.0 Å². The molecule has 3 aromatic carbocycles. The van der Waals surface area contributed by atoms with E-state index in [2.05, 4.69) is 63.6 Å². The first-order valence-electron chi connectivity index (χ1n) is 10.5. The van der Waals surface area contributed by atoms with Gasteiger partial charge in [-0.15, -0.1) is 0 Å². The minimum Gasteiger partial charge on any atom is -0.478 e. The molecule has 0 aliphatic carbocycles. The first-order valence-corrected chi connectivity index (χ1v) is 10.5. The van der Waals surface area contributed by atoms with Crippen LogP contribution in [0, 0.1) is 6.92 Å². The number of carbonyl (C=O) groups is 1. The van der Waals surface area contributed by atoms with Gasteiger partial charge in [-0.05, 0) is 53.4 Å². The van der Waals surface area contributed by atoms with Gasteiger partial charge in [-0.2, -0.15) is 0 Å². The van der Waals surface area contributed by atoms with Gasteiger partial charge in [0.25, 0.3) is 0 Å². The molecule has 5 aromatic rings. The van der Waals surface area contributed by atoms with Crippen molar-refractivity contribution in [3.63, 3.8) is 0 Å². The smallest absolute Gasteiger partial charge is 0.336 e. The highest BCUT2D eigenvalue weighted by atomic mass is 16.4. The molecule has 0 spiro atoms. The van der Waals surface area contributed by atoms with Gasteiger partial charge in [-0.1, -0.05) is 42.5 Å². The van der Waals surface area contributed by atoms with E-state index >= 15 is 0 Å². The number of benzene rings is 3. The molecule has 0 saturated heterocycles. The molecule has 0 saturated carbocycles. The molecule has 0 radical (unpaired) electrons. The number of hydrogen-bond donors (Lipinski definition) is 3. The Hall–Kier alpha value is -4.19. The molecule has 0 unspecified atom stereocenters. The number of carboxylic acid groups (broad SMARTS) is 1. The molecular weight excluding hydrogens is 400 g/mol. The Morgan fingerprint density at radius 2 is 1.88 bits per heavy atom. The lowest BCUT2D eigenvalue weighted by Gasteiger charge is -2.11. The van der Waals surface area contributed by atoms with E-state index in [9.17, 15) is 9.90 Å². The second-order valence-electron chi connectivity index (χ2n) is 7.79. The second-order valence-corrected chi connectivity index (χ2v) is 7.79. The number of anilines is 1. The van der Waals surface area contributed by atoms with Gasteiger partial charge in [-0.3, -0.25) is 0 Å². The summed E-state index contributed by atoms with van der Waals surface area (Å²) < 4.78 is 0. The minimum atomic E-state index is -0.949. The SMILES string of the molecule is Cc1c(CCNc2cc(-c3cc4c(C(=O)O)cccc4[nH]3)ncn2)ccc2ccccc12. The van der Waals surface area contributed by atoms with E-state index < -0.39 is 5.97 Å². The van der Waals surface area contributed by atoms with E-state index in [1.54, 1.807) is 12.1 Å². The zero-order chi connectivity index (χ0) is 22.1. The topological polar surface area (TPSA) is 90.9 Å². The predicted octanol–water partition coefficient (Wildman–Crippen LogP) is 5.44. The average molecular weight is 422 g/mol. The molecule has 158 valence electrons. The Labute approximate surface area is 185 Å². The molecule has 2 aromatic heterocycles. The summed E-state index contributed by atoms with van der Waals surface area (Å²) in [7, 11) is 0. The van der Waals surface area contributed by atoms with Crippen molar-refractivity contribution in [1.29, 1.82) is 0 Å². The number of aromatic carboxylic acids is 1.